The van der Waals surface area contributed by atoms with Gasteiger partial charge in [-0.1, -0.05) is 19.1 Å². The minimum absolute atomic E-state index is 0.0528. The fourth-order valence-corrected chi connectivity index (χ4v) is 1.54. The van der Waals surface area contributed by atoms with Crippen molar-refractivity contribution in [3.05, 3.63) is 53.7 Å². The van der Waals surface area contributed by atoms with Gasteiger partial charge in [0.25, 0.3) is 0 Å². The molecule has 0 bridgehead atoms. The molecule has 0 saturated heterocycles. The number of nitrogens with zero attached hydrogens (tertiary/aromatic N) is 1. The van der Waals surface area contributed by atoms with Crippen LogP contribution in [-0.4, -0.2) is 16.1 Å². The first kappa shape index (κ1) is 12.1. The normalized spacial score (nSPS) is 10.1. The molecule has 0 atom stereocenters. The number of hydrogen-bond acceptors (Lipinski definition) is 3. The van der Waals surface area contributed by atoms with Gasteiger partial charge in [-0.25, -0.2) is 9.78 Å². The summed E-state index contributed by atoms with van der Waals surface area (Å²) in [5, 5.41) is 9.01. The van der Waals surface area contributed by atoms with Gasteiger partial charge in [0.2, 0.25) is 5.88 Å². The molecule has 1 N–H and O–H groups in total. The Hall–Kier alpha value is -2.36. The van der Waals surface area contributed by atoms with Crippen LogP contribution in [0.1, 0.15) is 22.8 Å². The molecule has 1 aromatic carbocycles. The van der Waals surface area contributed by atoms with Gasteiger partial charge >= 0.3 is 5.97 Å². The van der Waals surface area contributed by atoms with Gasteiger partial charge in [-0.15, -0.1) is 0 Å². The van der Waals surface area contributed by atoms with E-state index in [0.29, 0.717) is 5.75 Å². The number of aryl methyl sites for hydroxylation is 1. The highest BCUT2D eigenvalue weighted by molar-refractivity contribution is 5.90. The van der Waals surface area contributed by atoms with E-state index in [1.807, 2.05) is 12.1 Å². The Morgan fingerprint density at radius 3 is 2.61 bits per heavy atom. The number of hydrogen-bond donors (Lipinski definition) is 1. The fourth-order valence-electron chi connectivity index (χ4n) is 1.54. The Labute approximate surface area is 105 Å². The zero-order chi connectivity index (χ0) is 13.0. The van der Waals surface area contributed by atoms with Crippen LogP contribution in [0.25, 0.3) is 0 Å². The number of carboxylic acids is 1. The maximum absolute atomic E-state index is 11.0. The minimum Gasteiger partial charge on any atom is -0.477 e. The van der Waals surface area contributed by atoms with E-state index in [1.165, 1.54) is 17.8 Å². The number of aromatic nitrogens is 1. The lowest BCUT2D eigenvalue weighted by Gasteiger charge is -2.07. The van der Waals surface area contributed by atoms with E-state index in [2.05, 4.69) is 11.9 Å². The highest BCUT2D eigenvalue weighted by atomic mass is 16.5. The summed E-state index contributed by atoms with van der Waals surface area (Å²) in [5.41, 5.74) is 1.25. The molecule has 92 valence electrons. The third kappa shape index (κ3) is 2.66. The second-order valence-electron chi connectivity index (χ2n) is 3.76. The number of ether oxygens (including phenoxy) is 1. The van der Waals surface area contributed by atoms with Crippen molar-refractivity contribution in [3.63, 3.8) is 0 Å². The molecule has 2 rings (SSSR count). The van der Waals surface area contributed by atoms with Gasteiger partial charge in [0.05, 0.1) is 0 Å². The highest BCUT2D eigenvalue weighted by Crippen LogP contribution is 2.23. The third-order valence-electron chi connectivity index (χ3n) is 2.55. The van der Waals surface area contributed by atoms with Gasteiger partial charge in [-0.2, -0.15) is 0 Å². The summed E-state index contributed by atoms with van der Waals surface area (Å²) >= 11 is 0. The van der Waals surface area contributed by atoms with Gasteiger partial charge in [0, 0.05) is 6.20 Å². The number of rotatable bonds is 4. The average molecular weight is 243 g/mol. The number of aromatic carboxylic acids is 1. The second kappa shape index (κ2) is 5.31. The molecule has 0 spiro atoms. The van der Waals surface area contributed by atoms with E-state index < -0.39 is 5.97 Å². The van der Waals surface area contributed by atoms with E-state index in [0.717, 1.165) is 6.42 Å². The van der Waals surface area contributed by atoms with Crippen molar-refractivity contribution in [1.82, 2.24) is 4.98 Å². The van der Waals surface area contributed by atoms with Crippen molar-refractivity contribution in [2.45, 2.75) is 13.3 Å². The van der Waals surface area contributed by atoms with Crippen molar-refractivity contribution in [1.29, 1.82) is 0 Å². The van der Waals surface area contributed by atoms with Crippen LogP contribution in [0, 0.1) is 0 Å². The quantitative estimate of drug-likeness (QED) is 0.896. The molecule has 1 heterocycles. The van der Waals surface area contributed by atoms with Crippen LogP contribution in [0.15, 0.2) is 42.6 Å². The summed E-state index contributed by atoms with van der Waals surface area (Å²) in [7, 11) is 0. The second-order valence-corrected chi connectivity index (χ2v) is 3.76. The van der Waals surface area contributed by atoms with Crippen LogP contribution in [-0.2, 0) is 6.42 Å². The van der Waals surface area contributed by atoms with Gasteiger partial charge < -0.3 is 9.84 Å². The van der Waals surface area contributed by atoms with Crippen LogP contribution in [0.5, 0.6) is 11.6 Å². The molecule has 0 unspecified atom stereocenters. The maximum atomic E-state index is 11.0. The van der Waals surface area contributed by atoms with E-state index in [-0.39, 0.29) is 11.4 Å². The predicted molar refractivity (Wildman–Crippen MR) is 67.1 cm³/mol. The SMILES string of the molecule is CCc1ccc(Oc2ncccc2C(=O)O)cc1. The lowest BCUT2D eigenvalue weighted by atomic mass is 10.2. The molecule has 1 aromatic heterocycles. The van der Waals surface area contributed by atoms with Crippen molar-refractivity contribution in [3.8, 4) is 11.6 Å². The van der Waals surface area contributed by atoms with Crippen LogP contribution in [0.2, 0.25) is 0 Å². The van der Waals surface area contributed by atoms with Crippen LogP contribution < -0.4 is 4.74 Å². The summed E-state index contributed by atoms with van der Waals surface area (Å²) in [6.07, 6.45) is 2.45. The number of benzene rings is 1. The standard InChI is InChI=1S/C14H13NO3/c1-2-10-5-7-11(8-6-10)18-13-12(14(16)17)4-3-9-15-13/h3-9H,2H2,1H3,(H,16,17). The molecule has 0 aliphatic carbocycles. The third-order valence-corrected chi connectivity index (χ3v) is 2.55. The largest absolute Gasteiger partial charge is 0.477 e. The Bertz CT molecular complexity index is 549. The summed E-state index contributed by atoms with van der Waals surface area (Å²) in [6.45, 7) is 2.07. The molecular formula is C14H13NO3. The predicted octanol–water partition coefficient (Wildman–Crippen LogP) is 3.13. The Balaban J connectivity index is 2.25. The van der Waals surface area contributed by atoms with Crippen molar-refractivity contribution >= 4 is 5.97 Å². The smallest absolute Gasteiger partial charge is 0.341 e. The Morgan fingerprint density at radius 2 is 2.00 bits per heavy atom. The van der Waals surface area contributed by atoms with Crippen LogP contribution in [0.4, 0.5) is 0 Å². The highest BCUT2D eigenvalue weighted by Gasteiger charge is 2.12. The summed E-state index contributed by atoms with van der Waals surface area (Å²) in [5.74, 6) is -0.370. The number of carboxylic acid groups (broad SMARTS) is 1. The van der Waals surface area contributed by atoms with E-state index >= 15 is 0 Å². The fraction of sp³-hybridized carbons (Fsp3) is 0.143. The molecule has 4 nitrogen and oxygen atoms in total. The molecular weight excluding hydrogens is 230 g/mol. The molecule has 0 fully saturated rings. The lowest BCUT2D eigenvalue weighted by Crippen LogP contribution is -2.01. The zero-order valence-corrected chi connectivity index (χ0v) is 9.96. The molecule has 2 aromatic rings. The van der Waals surface area contributed by atoms with Crippen molar-refractivity contribution in [2.24, 2.45) is 0 Å². The van der Waals surface area contributed by atoms with E-state index in [4.69, 9.17) is 9.84 Å². The number of pyridine rings is 1. The average Bonchev–Trinajstić information content (AvgIpc) is 2.40. The molecule has 4 heteroatoms. The Morgan fingerprint density at radius 1 is 1.28 bits per heavy atom. The summed E-state index contributed by atoms with van der Waals surface area (Å²) in [4.78, 5) is 14.9. The summed E-state index contributed by atoms with van der Waals surface area (Å²) in [6, 6.07) is 10.5. The zero-order valence-electron chi connectivity index (χ0n) is 9.96. The first-order valence-corrected chi connectivity index (χ1v) is 5.66. The molecule has 0 saturated carbocycles. The molecule has 0 aliphatic heterocycles. The topological polar surface area (TPSA) is 59.4 Å². The maximum Gasteiger partial charge on any atom is 0.341 e. The minimum atomic E-state index is -1.05. The molecule has 0 radical (unpaired) electrons. The van der Waals surface area contributed by atoms with Crippen LogP contribution in [0.3, 0.4) is 0 Å². The Kier molecular flexibility index (Phi) is 3.57. The van der Waals surface area contributed by atoms with Crippen LogP contribution >= 0.6 is 0 Å². The molecule has 18 heavy (non-hydrogen) atoms. The van der Waals surface area contributed by atoms with Gasteiger partial charge in [0.15, 0.2) is 0 Å². The first-order chi connectivity index (χ1) is 8.70. The summed E-state index contributed by atoms with van der Waals surface area (Å²) < 4.78 is 5.48. The van der Waals surface area contributed by atoms with E-state index in [1.54, 1.807) is 18.2 Å². The monoisotopic (exact) mass is 243 g/mol. The van der Waals surface area contributed by atoms with E-state index in [9.17, 15) is 4.79 Å². The first-order valence-electron chi connectivity index (χ1n) is 5.66. The van der Waals surface area contributed by atoms with Gasteiger partial charge in [0.1, 0.15) is 11.3 Å². The van der Waals surface area contributed by atoms with Gasteiger partial charge in [-0.3, -0.25) is 0 Å². The van der Waals surface area contributed by atoms with Crippen molar-refractivity contribution in [2.75, 3.05) is 0 Å². The number of carbonyl (C=O) groups is 1. The lowest BCUT2D eigenvalue weighted by molar-refractivity contribution is 0.0693. The van der Waals surface area contributed by atoms with Gasteiger partial charge in [-0.05, 0) is 36.2 Å². The molecule has 0 aliphatic rings. The van der Waals surface area contributed by atoms with Crippen molar-refractivity contribution < 1.29 is 14.6 Å². The molecule has 0 amide bonds.